The number of nitrogen functional groups attached to an aromatic ring is 1. The average Bonchev–Trinajstić information content (AvgIpc) is 2.29. The van der Waals surface area contributed by atoms with E-state index in [4.69, 9.17) is 5.73 Å². The number of hydrogen-bond acceptors (Lipinski definition) is 3. The summed E-state index contributed by atoms with van der Waals surface area (Å²) in [6.45, 7) is 3.54. The normalized spacial score (nSPS) is 10.6. The summed E-state index contributed by atoms with van der Waals surface area (Å²) in [5, 5.41) is 2.84. The third kappa shape index (κ3) is 5.68. The molecule has 0 aliphatic rings. The highest BCUT2D eigenvalue weighted by Crippen LogP contribution is 2.11. The predicted molar refractivity (Wildman–Crippen MR) is 76.5 cm³/mol. The lowest BCUT2D eigenvalue weighted by Gasteiger charge is -2.16. The van der Waals surface area contributed by atoms with Crippen LogP contribution in [0.2, 0.25) is 0 Å². The zero-order chi connectivity index (χ0) is 13.4. The second-order valence-electron chi connectivity index (χ2n) is 4.62. The Morgan fingerprint density at radius 3 is 2.83 bits per heavy atom. The van der Waals surface area contributed by atoms with Gasteiger partial charge in [-0.2, -0.15) is 0 Å². The van der Waals surface area contributed by atoms with Gasteiger partial charge in [-0.15, -0.1) is 0 Å². The topological polar surface area (TPSA) is 58.4 Å². The lowest BCUT2D eigenvalue weighted by Crippen LogP contribution is -2.30. The first-order valence-corrected chi connectivity index (χ1v) is 6.45. The maximum absolute atomic E-state index is 11.8. The smallest absolute Gasteiger partial charge is 0.238 e. The van der Waals surface area contributed by atoms with Gasteiger partial charge in [-0.1, -0.05) is 25.8 Å². The highest BCUT2D eigenvalue weighted by Gasteiger charge is 2.06. The van der Waals surface area contributed by atoms with Gasteiger partial charge < -0.3 is 11.1 Å². The van der Waals surface area contributed by atoms with E-state index < -0.39 is 0 Å². The van der Waals surface area contributed by atoms with Crippen LogP contribution in [0, 0.1) is 0 Å². The second-order valence-corrected chi connectivity index (χ2v) is 4.62. The minimum absolute atomic E-state index is 0.000372. The largest absolute Gasteiger partial charge is 0.399 e. The van der Waals surface area contributed by atoms with Crippen molar-refractivity contribution in [2.75, 3.05) is 31.2 Å². The standard InChI is InChI=1S/C14H23N3O/c1-3-4-5-9-17(2)11-14(18)16-13-8-6-7-12(15)10-13/h6-8,10H,3-5,9,11,15H2,1-2H3,(H,16,18). The molecule has 0 heterocycles. The summed E-state index contributed by atoms with van der Waals surface area (Å²) >= 11 is 0. The van der Waals surface area contributed by atoms with Gasteiger partial charge in [-0.25, -0.2) is 0 Å². The Kier molecular flexibility index (Phi) is 6.22. The molecule has 0 saturated carbocycles. The van der Waals surface area contributed by atoms with E-state index >= 15 is 0 Å². The highest BCUT2D eigenvalue weighted by atomic mass is 16.2. The van der Waals surface area contributed by atoms with Gasteiger partial charge in [0.15, 0.2) is 0 Å². The van der Waals surface area contributed by atoms with Crippen LogP contribution in [0.5, 0.6) is 0 Å². The lowest BCUT2D eigenvalue weighted by atomic mass is 10.2. The Hall–Kier alpha value is -1.55. The molecule has 0 atom stereocenters. The number of benzene rings is 1. The van der Waals surface area contributed by atoms with Crippen molar-refractivity contribution in [1.29, 1.82) is 0 Å². The van der Waals surface area contributed by atoms with Gasteiger partial charge in [0.05, 0.1) is 6.54 Å². The van der Waals surface area contributed by atoms with Gasteiger partial charge in [-0.3, -0.25) is 9.69 Å². The van der Waals surface area contributed by atoms with Crippen molar-refractivity contribution in [1.82, 2.24) is 4.90 Å². The number of carbonyl (C=O) groups is 1. The van der Waals surface area contributed by atoms with Crippen molar-refractivity contribution < 1.29 is 4.79 Å². The number of nitrogens with zero attached hydrogens (tertiary/aromatic N) is 1. The Labute approximate surface area is 109 Å². The van der Waals surface area contributed by atoms with Gasteiger partial charge in [0.25, 0.3) is 0 Å². The van der Waals surface area contributed by atoms with E-state index in [2.05, 4.69) is 12.2 Å². The van der Waals surface area contributed by atoms with Crippen LogP contribution in [0.1, 0.15) is 26.2 Å². The molecule has 0 fully saturated rings. The monoisotopic (exact) mass is 249 g/mol. The first-order chi connectivity index (χ1) is 8.61. The molecule has 100 valence electrons. The zero-order valence-electron chi connectivity index (χ0n) is 11.3. The first-order valence-electron chi connectivity index (χ1n) is 6.45. The molecule has 0 aliphatic heterocycles. The van der Waals surface area contributed by atoms with Crippen LogP contribution in [0.3, 0.4) is 0 Å². The fourth-order valence-corrected chi connectivity index (χ4v) is 1.77. The van der Waals surface area contributed by atoms with Gasteiger partial charge >= 0.3 is 0 Å². The summed E-state index contributed by atoms with van der Waals surface area (Å²) in [5.41, 5.74) is 7.06. The van der Waals surface area contributed by atoms with E-state index in [1.807, 2.05) is 24.1 Å². The minimum Gasteiger partial charge on any atom is -0.399 e. The molecule has 4 nitrogen and oxygen atoms in total. The molecule has 1 aromatic carbocycles. The minimum atomic E-state index is -0.000372. The Bertz CT molecular complexity index is 379. The predicted octanol–water partition coefficient (Wildman–Crippen LogP) is 2.33. The molecule has 1 aromatic rings. The number of anilines is 2. The second kappa shape index (κ2) is 7.71. The number of nitrogens with two attached hydrogens (primary N) is 1. The number of hydrogen-bond donors (Lipinski definition) is 2. The van der Waals surface area contributed by atoms with Crippen LogP contribution in [-0.2, 0) is 4.79 Å². The van der Waals surface area contributed by atoms with Crippen LogP contribution in [0.15, 0.2) is 24.3 Å². The number of carbonyl (C=O) groups excluding carboxylic acids is 1. The molecule has 0 unspecified atom stereocenters. The molecule has 3 N–H and O–H groups in total. The maximum Gasteiger partial charge on any atom is 0.238 e. The molecule has 1 amide bonds. The van der Waals surface area contributed by atoms with Crippen molar-refractivity contribution in [3.63, 3.8) is 0 Å². The number of rotatable bonds is 7. The molecule has 0 spiro atoms. The highest BCUT2D eigenvalue weighted by molar-refractivity contribution is 5.92. The van der Waals surface area contributed by atoms with Gasteiger partial charge in [0, 0.05) is 11.4 Å². The van der Waals surface area contributed by atoms with Crippen molar-refractivity contribution in [3.05, 3.63) is 24.3 Å². The van der Waals surface area contributed by atoms with Gasteiger partial charge in [0.2, 0.25) is 5.91 Å². The lowest BCUT2D eigenvalue weighted by molar-refractivity contribution is -0.117. The zero-order valence-corrected chi connectivity index (χ0v) is 11.3. The summed E-state index contributed by atoms with van der Waals surface area (Å²) in [7, 11) is 1.97. The Balaban J connectivity index is 2.32. The summed E-state index contributed by atoms with van der Waals surface area (Å²) in [4.78, 5) is 13.8. The van der Waals surface area contributed by atoms with E-state index in [0.717, 1.165) is 18.7 Å². The molecule has 1 rings (SSSR count). The third-order valence-corrected chi connectivity index (χ3v) is 2.73. The summed E-state index contributed by atoms with van der Waals surface area (Å²) < 4.78 is 0. The number of amides is 1. The fraction of sp³-hybridized carbons (Fsp3) is 0.500. The van der Waals surface area contributed by atoms with E-state index in [0.29, 0.717) is 12.2 Å². The van der Waals surface area contributed by atoms with Crippen LogP contribution in [0.4, 0.5) is 11.4 Å². The van der Waals surface area contributed by atoms with E-state index in [1.165, 1.54) is 12.8 Å². The summed E-state index contributed by atoms with van der Waals surface area (Å²) in [6.07, 6.45) is 3.54. The van der Waals surface area contributed by atoms with Crippen molar-refractivity contribution >= 4 is 17.3 Å². The van der Waals surface area contributed by atoms with Crippen molar-refractivity contribution in [2.45, 2.75) is 26.2 Å². The Morgan fingerprint density at radius 2 is 2.17 bits per heavy atom. The van der Waals surface area contributed by atoms with E-state index in [1.54, 1.807) is 12.1 Å². The number of nitrogens with one attached hydrogen (secondary N) is 1. The average molecular weight is 249 g/mol. The first kappa shape index (κ1) is 14.5. The quantitative estimate of drug-likeness (QED) is 0.576. The van der Waals surface area contributed by atoms with Crippen molar-refractivity contribution in [2.24, 2.45) is 0 Å². The molecule has 4 heteroatoms. The molecule has 0 aliphatic carbocycles. The third-order valence-electron chi connectivity index (χ3n) is 2.73. The molecule has 0 saturated heterocycles. The molecule has 18 heavy (non-hydrogen) atoms. The van der Waals surface area contributed by atoms with E-state index in [9.17, 15) is 4.79 Å². The number of likely N-dealkylation sites (N-methyl/N-ethyl adjacent to an activating group) is 1. The van der Waals surface area contributed by atoms with E-state index in [-0.39, 0.29) is 5.91 Å². The van der Waals surface area contributed by atoms with Gasteiger partial charge in [-0.05, 0) is 38.2 Å². The fourth-order valence-electron chi connectivity index (χ4n) is 1.77. The number of unbranched alkanes of at least 4 members (excludes halogenated alkanes) is 2. The van der Waals surface area contributed by atoms with Gasteiger partial charge in [0.1, 0.15) is 0 Å². The molecule has 0 radical (unpaired) electrons. The molecule has 0 bridgehead atoms. The summed E-state index contributed by atoms with van der Waals surface area (Å²) in [6, 6.07) is 7.22. The molecular weight excluding hydrogens is 226 g/mol. The van der Waals surface area contributed by atoms with Crippen LogP contribution in [0.25, 0.3) is 0 Å². The Morgan fingerprint density at radius 1 is 1.39 bits per heavy atom. The van der Waals surface area contributed by atoms with Crippen molar-refractivity contribution in [3.8, 4) is 0 Å². The SMILES string of the molecule is CCCCCN(C)CC(=O)Nc1cccc(N)c1. The molecule has 0 aromatic heterocycles. The van der Waals surface area contributed by atoms with Crippen LogP contribution >= 0.6 is 0 Å². The summed E-state index contributed by atoms with van der Waals surface area (Å²) in [5.74, 6) is -0.000372. The maximum atomic E-state index is 11.8. The molecular formula is C14H23N3O. The van der Waals surface area contributed by atoms with Crippen LogP contribution in [-0.4, -0.2) is 30.9 Å². The van der Waals surface area contributed by atoms with Crippen LogP contribution < -0.4 is 11.1 Å².